The fourth-order valence-electron chi connectivity index (χ4n) is 5.24. The SMILES string of the molecule is CCCNc1nc(C#Cc2ccc(Cl)s2)nc2c1ncn2[C@@H]1C[C@](C)(C(=O)NC)[C@@H](OC(=O)CCC(=O)O)[C@H]1OC(=O)CCC(=O)O. The van der Waals surface area contributed by atoms with E-state index in [9.17, 15) is 24.0 Å². The van der Waals surface area contributed by atoms with Crippen molar-refractivity contribution >= 4 is 69.7 Å². The Morgan fingerprint density at radius 3 is 2.34 bits per heavy atom. The van der Waals surface area contributed by atoms with Crippen molar-refractivity contribution in [2.75, 3.05) is 18.9 Å². The predicted molar refractivity (Wildman–Crippen MR) is 169 cm³/mol. The maximum Gasteiger partial charge on any atom is 0.306 e. The Bertz CT molecular complexity index is 1750. The number of imidazole rings is 1. The van der Waals surface area contributed by atoms with Gasteiger partial charge in [-0.05, 0) is 43.7 Å². The number of carboxylic acids is 2. The van der Waals surface area contributed by atoms with Crippen LogP contribution in [0.4, 0.5) is 5.82 Å². The highest BCUT2D eigenvalue weighted by atomic mass is 35.5. The molecule has 0 bridgehead atoms. The maximum atomic E-state index is 13.4. The van der Waals surface area contributed by atoms with Crippen LogP contribution in [0, 0.1) is 17.3 Å². The van der Waals surface area contributed by atoms with Crippen LogP contribution < -0.4 is 10.6 Å². The fraction of sp³-hybridized carbons (Fsp3) is 0.467. The molecule has 1 amide bonds. The van der Waals surface area contributed by atoms with Gasteiger partial charge in [-0.1, -0.05) is 18.5 Å². The number of carbonyl (C=O) groups excluding carboxylic acids is 3. The van der Waals surface area contributed by atoms with Crippen molar-refractivity contribution in [1.82, 2.24) is 24.8 Å². The lowest BCUT2D eigenvalue weighted by Gasteiger charge is -2.31. The molecule has 4 rings (SSSR count). The van der Waals surface area contributed by atoms with Gasteiger partial charge in [-0.15, -0.1) is 11.3 Å². The molecule has 4 atom stereocenters. The van der Waals surface area contributed by atoms with E-state index in [0.717, 1.165) is 6.42 Å². The number of aliphatic carboxylic acids is 2. The first-order valence-electron chi connectivity index (χ1n) is 14.7. The number of carbonyl (C=O) groups is 5. The Labute approximate surface area is 278 Å². The molecule has 0 aliphatic heterocycles. The number of rotatable bonds is 13. The van der Waals surface area contributed by atoms with Crippen molar-refractivity contribution in [3.63, 3.8) is 0 Å². The largest absolute Gasteiger partial charge is 0.481 e. The Kier molecular flexibility index (Phi) is 11.4. The van der Waals surface area contributed by atoms with Crippen LogP contribution in [0.5, 0.6) is 0 Å². The van der Waals surface area contributed by atoms with Gasteiger partial charge in [0, 0.05) is 13.6 Å². The third-order valence-electron chi connectivity index (χ3n) is 7.49. The zero-order valence-electron chi connectivity index (χ0n) is 25.7. The zero-order valence-corrected chi connectivity index (χ0v) is 27.3. The van der Waals surface area contributed by atoms with Gasteiger partial charge in [-0.25, -0.2) is 15.0 Å². The molecule has 1 saturated carbocycles. The second-order valence-electron chi connectivity index (χ2n) is 10.9. The van der Waals surface area contributed by atoms with Crippen LogP contribution in [0.1, 0.15) is 69.1 Å². The second-order valence-corrected chi connectivity index (χ2v) is 12.6. The molecule has 0 spiro atoms. The molecule has 1 fully saturated rings. The Morgan fingerprint density at radius 1 is 1.06 bits per heavy atom. The van der Waals surface area contributed by atoms with Crippen LogP contribution in [-0.4, -0.2) is 85.3 Å². The first kappa shape index (κ1) is 35.1. The van der Waals surface area contributed by atoms with Gasteiger partial charge in [0.25, 0.3) is 0 Å². The van der Waals surface area contributed by atoms with Crippen molar-refractivity contribution in [1.29, 1.82) is 0 Å². The smallest absolute Gasteiger partial charge is 0.306 e. The molecular weight excluding hydrogens is 656 g/mol. The van der Waals surface area contributed by atoms with Gasteiger partial charge in [0.05, 0.1) is 52.7 Å². The van der Waals surface area contributed by atoms with Gasteiger partial charge in [-0.3, -0.25) is 24.0 Å². The predicted octanol–water partition coefficient (Wildman–Crippen LogP) is 3.01. The van der Waals surface area contributed by atoms with E-state index in [0.29, 0.717) is 27.1 Å². The highest BCUT2D eigenvalue weighted by Crippen LogP contribution is 2.49. The molecule has 15 nitrogen and oxygen atoms in total. The maximum absolute atomic E-state index is 13.4. The molecule has 47 heavy (non-hydrogen) atoms. The summed E-state index contributed by atoms with van der Waals surface area (Å²) in [4.78, 5) is 75.8. The van der Waals surface area contributed by atoms with Crippen molar-refractivity contribution < 1.29 is 43.7 Å². The van der Waals surface area contributed by atoms with E-state index in [1.54, 1.807) is 16.7 Å². The molecule has 3 heterocycles. The molecule has 1 aliphatic carbocycles. The molecule has 0 unspecified atom stereocenters. The highest BCUT2D eigenvalue weighted by Gasteiger charge is 2.60. The first-order valence-corrected chi connectivity index (χ1v) is 15.9. The Morgan fingerprint density at radius 2 is 1.74 bits per heavy atom. The summed E-state index contributed by atoms with van der Waals surface area (Å²) < 4.78 is 13.6. The summed E-state index contributed by atoms with van der Waals surface area (Å²) in [6, 6.07) is 2.58. The van der Waals surface area contributed by atoms with Gasteiger partial charge in [0.2, 0.25) is 11.7 Å². The monoisotopic (exact) mass is 688 g/mol. The number of esters is 2. The standard InChI is InChI=1S/C30H33ClN6O9S/c1-4-13-33-27-24-28(36-19(35-27)8-6-16-5-7-18(31)47-16)37(15-34-24)17-14-30(2,29(44)32-3)26(46-23(43)12-10-21(40)41)25(17)45-22(42)11-9-20(38)39/h5,7,15,17,25-26H,4,9-14H2,1-3H3,(H,32,44)(H,38,39)(H,40,41)(H,33,35,36)/t17-,25+,26+,30+/m1/s1. The summed E-state index contributed by atoms with van der Waals surface area (Å²) in [6.45, 7) is 4.07. The van der Waals surface area contributed by atoms with E-state index >= 15 is 0 Å². The lowest BCUT2D eigenvalue weighted by Crippen LogP contribution is -2.48. The lowest BCUT2D eigenvalue weighted by atomic mass is 9.84. The van der Waals surface area contributed by atoms with E-state index in [-0.39, 0.29) is 17.9 Å². The molecule has 3 aromatic heterocycles. The summed E-state index contributed by atoms with van der Waals surface area (Å²) in [6.07, 6.45) is -2.56. The van der Waals surface area contributed by atoms with E-state index in [4.69, 9.17) is 31.3 Å². The lowest BCUT2D eigenvalue weighted by molar-refractivity contribution is -0.176. The van der Waals surface area contributed by atoms with E-state index < -0.39 is 79.1 Å². The van der Waals surface area contributed by atoms with E-state index in [1.165, 1.54) is 31.6 Å². The summed E-state index contributed by atoms with van der Waals surface area (Å²) >= 11 is 7.33. The summed E-state index contributed by atoms with van der Waals surface area (Å²) in [5.41, 5.74) is -0.840. The fourth-order valence-corrected chi connectivity index (χ4v) is 6.14. The van der Waals surface area contributed by atoms with E-state index in [1.807, 2.05) is 6.92 Å². The number of nitrogens with zero attached hydrogens (tertiary/aromatic N) is 4. The number of amides is 1. The van der Waals surface area contributed by atoms with Gasteiger partial charge in [-0.2, -0.15) is 0 Å². The number of thiophene rings is 1. The topological polar surface area (TPSA) is 212 Å². The number of hydrogen-bond donors (Lipinski definition) is 4. The van der Waals surface area contributed by atoms with Crippen LogP contribution in [0.15, 0.2) is 18.5 Å². The van der Waals surface area contributed by atoms with Crippen LogP contribution in [0.2, 0.25) is 4.34 Å². The number of carboxylic acid groups (broad SMARTS) is 2. The van der Waals surface area contributed by atoms with Crippen molar-refractivity contribution in [3.8, 4) is 11.8 Å². The van der Waals surface area contributed by atoms with Crippen molar-refractivity contribution in [2.24, 2.45) is 5.41 Å². The number of anilines is 1. The molecule has 4 N–H and O–H groups in total. The molecule has 0 saturated heterocycles. The van der Waals surface area contributed by atoms with Gasteiger partial charge in [0.1, 0.15) is 0 Å². The summed E-state index contributed by atoms with van der Waals surface area (Å²) in [5, 5.41) is 24.0. The zero-order chi connectivity index (χ0) is 34.3. The minimum Gasteiger partial charge on any atom is -0.481 e. The third-order valence-corrected chi connectivity index (χ3v) is 8.63. The van der Waals surface area contributed by atoms with Gasteiger partial charge >= 0.3 is 23.9 Å². The van der Waals surface area contributed by atoms with Crippen molar-refractivity contribution in [2.45, 2.75) is 70.6 Å². The molecule has 250 valence electrons. The van der Waals surface area contributed by atoms with Crippen LogP contribution in [0.3, 0.4) is 0 Å². The molecule has 0 aromatic carbocycles. The third kappa shape index (κ3) is 8.35. The minimum absolute atomic E-state index is 0.0394. The number of ether oxygens (including phenoxy) is 2. The number of fused-ring (bicyclic) bond motifs is 1. The molecule has 3 aromatic rings. The molecule has 0 radical (unpaired) electrons. The summed E-state index contributed by atoms with van der Waals surface area (Å²) in [5.74, 6) is 1.65. The average molecular weight is 689 g/mol. The molecular formula is C30H33ClN6O9S. The number of aromatic nitrogens is 4. The average Bonchev–Trinajstić information content (AvgIpc) is 3.72. The van der Waals surface area contributed by atoms with Crippen LogP contribution in [-0.2, 0) is 33.4 Å². The molecule has 1 aliphatic rings. The second kappa shape index (κ2) is 15.2. The van der Waals surface area contributed by atoms with Crippen LogP contribution >= 0.6 is 22.9 Å². The number of nitrogens with one attached hydrogen (secondary N) is 2. The number of halogens is 1. The van der Waals surface area contributed by atoms with E-state index in [2.05, 4.69) is 37.4 Å². The van der Waals surface area contributed by atoms with Gasteiger partial charge < -0.3 is 34.9 Å². The minimum atomic E-state index is -1.48. The van der Waals surface area contributed by atoms with Crippen LogP contribution in [0.25, 0.3) is 11.2 Å². The normalized spacial score (nSPS) is 20.2. The van der Waals surface area contributed by atoms with Gasteiger partial charge in [0.15, 0.2) is 29.2 Å². The Balaban J connectivity index is 1.84. The van der Waals surface area contributed by atoms with Crippen molar-refractivity contribution in [3.05, 3.63) is 33.5 Å². The quantitative estimate of drug-likeness (QED) is 0.150. The molecule has 17 heteroatoms. The first-order chi connectivity index (χ1) is 22.4. The highest BCUT2D eigenvalue weighted by molar-refractivity contribution is 7.16. The summed E-state index contributed by atoms with van der Waals surface area (Å²) in [7, 11) is 1.40. The number of hydrogen-bond acceptors (Lipinski definition) is 12. The Hall–Kier alpha value is -4.75.